The van der Waals surface area contributed by atoms with Gasteiger partial charge in [-0.1, -0.05) is 0 Å². The van der Waals surface area contributed by atoms with Crippen molar-refractivity contribution in [1.82, 2.24) is 19.4 Å². The Bertz CT molecular complexity index is 607. The highest BCUT2D eigenvalue weighted by Crippen LogP contribution is 2.31. The molecule has 5 heteroatoms. The van der Waals surface area contributed by atoms with Crippen molar-refractivity contribution in [2.75, 3.05) is 13.2 Å². The number of piperidine rings is 1. The Balaban J connectivity index is 2.10. The molecule has 1 unspecified atom stereocenters. The Hall–Kier alpha value is -1.46. The first-order valence-corrected chi connectivity index (χ1v) is 7.91. The molecule has 0 amide bonds. The smallest absolute Gasteiger partial charge is 0.161 e. The number of likely N-dealkylation sites (tertiary alicyclic amines) is 1. The fourth-order valence-corrected chi connectivity index (χ4v) is 3.38. The molecule has 1 aliphatic heterocycles. The lowest BCUT2D eigenvalue weighted by Crippen LogP contribution is -2.41. The van der Waals surface area contributed by atoms with E-state index < -0.39 is 0 Å². The molecule has 1 saturated heterocycles. The number of aliphatic hydroxyl groups is 1. The molecule has 5 nitrogen and oxygen atoms in total. The van der Waals surface area contributed by atoms with Crippen LogP contribution in [0.4, 0.5) is 0 Å². The number of rotatable bonds is 4. The second kappa shape index (κ2) is 6.12. The zero-order valence-electron chi connectivity index (χ0n) is 12.9. The summed E-state index contributed by atoms with van der Waals surface area (Å²) in [6.07, 6.45) is 6.33. The van der Waals surface area contributed by atoms with Gasteiger partial charge in [0.2, 0.25) is 0 Å². The molecule has 21 heavy (non-hydrogen) atoms. The Morgan fingerprint density at radius 2 is 2.24 bits per heavy atom. The number of hydrogen-bond acceptors (Lipinski definition) is 4. The third-order valence-electron chi connectivity index (χ3n) is 4.33. The lowest BCUT2D eigenvalue weighted by Gasteiger charge is -2.39. The van der Waals surface area contributed by atoms with E-state index in [9.17, 15) is 5.11 Å². The molecule has 114 valence electrons. The van der Waals surface area contributed by atoms with E-state index in [0.29, 0.717) is 18.6 Å². The second-order valence-electron chi connectivity index (χ2n) is 6.03. The number of fused-ring (bicyclic) bond motifs is 1. The molecule has 0 saturated carbocycles. The van der Waals surface area contributed by atoms with Crippen LogP contribution >= 0.6 is 0 Å². The molecular weight excluding hydrogens is 264 g/mol. The largest absolute Gasteiger partial charge is 0.396 e. The topological polar surface area (TPSA) is 54.2 Å². The van der Waals surface area contributed by atoms with Gasteiger partial charge in [-0.15, -0.1) is 0 Å². The van der Waals surface area contributed by atoms with Crippen LogP contribution in [0.1, 0.15) is 45.1 Å². The molecule has 3 heterocycles. The zero-order chi connectivity index (χ0) is 14.8. The monoisotopic (exact) mass is 288 g/mol. The number of hydrogen-bond donors (Lipinski definition) is 1. The molecule has 0 aliphatic carbocycles. The van der Waals surface area contributed by atoms with Crippen molar-refractivity contribution in [3.8, 4) is 0 Å². The van der Waals surface area contributed by atoms with Crippen LogP contribution in [0.3, 0.4) is 0 Å². The average molecular weight is 288 g/mol. The minimum Gasteiger partial charge on any atom is -0.396 e. The number of nitrogens with zero attached hydrogens (tertiary/aromatic N) is 4. The lowest BCUT2D eigenvalue weighted by molar-refractivity contribution is 0.0642. The highest BCUT2D eigenvalue weighted by atomic mass is 16.3. The molecule has 0 spiro atoms. The van der Waals surface area contributed by atoms with Crippen LogP contribution in [0.2, 0.25) is 0 Å². The average Bonchev–Trinajstić information content (AvgIpc) is 2.85. The molecule has 0 bridgehead atoms. The molecule has 3 rings (SSSR count). The molecule has 0 radical (unpaired) electrons. The van der Waals surface area contributed by atoms with Gasteiger partial charge in [-0.3, -0.25) is 9.47 Å². The van der Waals surface area contributed by atoms with E-state index in [0.717, 1.165) is 30.0 Å². The van der Waals surface area contributed by atoms with E-state index >= 15 is 0 Å². The van der Waals surface area contributed by atoms with Crippen molar-refractivity contribution >= 4 is 11.2 Å². The quantitative estimate of drug-likeness (QED) is 0.938. The number of aromatic nitrogens is 3. The summed E-state index contributed by atoms with van der Waals surface area (Å²) in [5, 5.41) is 9.36. The maximum absolute atomic E-state index is 9.36. The SMILES string of the molecule is CC(C)N1CCCCC1n1c(CCO)nc2cccnc21. The van der Waals surface area contributed by atoms with Crippen LogP contribution < -0.4 is 0 Å². The Labute approximate surface area is 125 Å². The van der Waals surface area contributed by atoms with Crippen LogP contribution in [-0.4, -0.2) is 43.7 Å². The maximum atomic E-state index is 9.36. The fraction of sp³-hybridized carbons (Fsp3) is 0.625. The summed E-state index contributed by atoms with van der Waals surface area (Å²) in [6, 6.07) is 4.42. The van der Waals surface area contributed by atoms with Crippen molar-refractivity contribution < 1.29 is 5.11 Å². The van der Waals surface area contributed by atoms with Crippen LogP contribution in [0.5, 0.6) is 0 Å². The van der Waals surface area contributed by atoms with E-state index in [2.05, 4.69) is 33.3 Å². The summed E-state index contributed by atoms with van der Waals surface area (Å²) in [4.78, 5) is 11.8. The van der Waals surface area contributed by atoms with E-state index in [4.69, 9.17) is 0 Å². The molecule has 1 fully saturated rings. The molecule has 2 aromatic heterocycles. The van der Waals surface area contributed by atoms with Gasteiger partial charge in [0.15, 0.2) is 5.65 Å². The van der Waals surface area contributed by atoms with Gasteiger partial charge in [0.05, 0.1) is 12.8 Å². The van der Waals surface area contributed by atoms with Crippen molar-refractivity contribution in [3.63, 3.8) is 0 Å². The Kier molecular flexibility index (Phi) is 4.22. The first kappa shape index (κ1) is 14.5. The van der Waals surface area contributed by atoms with Gasteiger partial charge in [0.25, 0.3) is 0 Å². The Morgan fingerprint density at radius 1 is 1.38 bits per heavy atom. The summed E-state index contributed by atoms with van der Waals surface area (Å²) in [6.45, 7) is 5.73. The van der Waals surface area contributed by atoms with Crippen LogP contribution in [0, 0.1) is 0 Å². The summed E-state index contributed by atoms with van der Waals surface area (Å²) in [5.74, 6) is 0.948. The van der Waals surface area contributed by atoms with Gasteiger partial charge in [-0.25, -0.2) is 9.97 Å². The molecular formula is C16H24N4O. The van der Waals surface area contributed by atoms with E-state index in [1.807, 2.05) is 18.3 Å². The molecule has 2 aromatic rings. The predicted octanol–water partition coefficient (Wildman–Crippen LogP) is 2.36. The van der Waals surface area contributed by atoms with Crippen molar-refractivity contribution in [1.29, 1.82) is 0 Å². The zero-order valence-corrected chi connectivity index (χ0v) is 12.9. The van der Waals surface area contributed by atoms with Crippen LogP contribution in [0.25, 0.3) is 11.2 Å². The van der Waals surface area contributed by atoms with E-state index in [1.165, 1.54) is 12.8 Å². The summed E-state index contributed by atoms with van der Waals surface area (Å²) < 4.78 is 2.25. The molecule has 1 atom stereocenters. The van der Waals surface area contributed by atoms with Crippen LogP contribution in [-0.2, 0) is 6.42 Å². The first-order valence-electron chi connectivity index (χ1n) is 7.91. The highest BCUT2D eigenvalue weighted by Gasteiger charge is 2.29. The van der Waals surface area contributed by atoms with Crippen molar-refractivity contribution in [2.45, 2.75) is 51.7 Å². The fourth-order valence-electron chi connectivity index (χ4n) is 3.38. The third-order valence-corrected chi connectivity index (χ3v) is 4.33. The molecule has 1 N–H and O–H groups in total. The van der Waals surface area contributed by atoms with Gasteiger partial charge < -0.3 is 5.11 Å². The third kappa shape index (κ3) is 2.68. The second-order valence-corrected chi connectivity index (χ2v) is 6.03. The number of pyridine rings is 1. The number of imidazole rings is 1. The van der Waals surface area contributed by atoms with Gasteiger partial charge in [0.1, 0.15) is 11.3 Å². The standard InChI is InChI=1S/C16H24N4O/c1-12(2)19-10-4-3-7-15(19)20-14(8-11-21)18-13-6-5-9-17-16(13)20/h5-6,9,12,15,21H,3-4,7-8,10-11H2,1-2H3. The Morgan fingerprint density at radius 3 is 3.00 bits per heavy atom. The first-order chi connectivity index (χ1) is 10.2. The van der Waals surface area contributed by atoms with Gasteiger partial charge in [-0.2, -0.15) is 0 Å². The lowest BCUT2D eigenvalue weighted by atomic mass is 10.1. The van der Waals surface area contributed by atoms with E-state index in [-0.39, 0.29) is 6.61 Å². The summed E-state index contributed by atoms with van der Waals surface area (Å²) >= 11 is 0. The van der Waals surface area contributed by atoms with E-state index in [1.54, 1.807) is 0 Å². The number of aliphatic hydroxyl groups excluding tert-OH is 1. The summed E-state index contributed by atoms with van der Waals surface area (Å²) in [5.41, 5.74) is 1.87. The van der Waals surface area contributed by atoms with Crippen molar-refractivity contribution in [3.05, 3.63) is 24.2 Å². The molecule has 0 aromatic carbocycles. The van der Waals surface area contributed by atoms with Crippen LogP contribution in [0.15, 0.2) is 18.3 Å². The normalized spacial score (nSPS) is 20.5. The molecule has 1 aliphatic rings. The predicted molar refractivity (Wildman–Crippen MR) is 83.0 cm³/mol. The minimum absolute atomic E-state index is 0.123. The van der Waals surface area contributed by atoms with Gasteiger partial charge >= 0.3 is 0 Å². The minimum atomic E-state index is 0.123. The maximum Gasteiger partial charge on any atom is 0.161 e. The van der Waals surface area contributed by atoms with Gasteiger partial charge in [0, 0.05) is 25.2 Å². The highest BCUT2D eigenvalue weighted by molar-refractivity contribution is 5.71. The summed E-state index contributed by atoms with van der Waals surface area (Å²) in [7, 11) is 0. The van der Waals surface area contributed by atoms with Gasteiger partial charge in [-0.05, 0) is 45.2 Å². The van der Waals surface area contributed by atoms with Crippen molar-refractivity contribution in [2.24, 2.45) is 0 Å².